The molecule has 0 bridgehead atoms. The van der Waals surface area contributed by atoms with Gasteiger partial charge in [0.2, 0.25) is 0 Å². The lowest BCUT2D eigenvalue weighted by atomic mass is 9.89. The predicted molar refractivity (Wildman–Crippen MR) is 161 cm³/mol. The van der Waals surface area contributed by atoms with E-state index in [-0.39, 0.29) is 16.7 Å². The van der Waals surface area contributed by atoms with Crippen LogP contribution < -0.4 is 9.80 Å². The molecule has 0 N–H and O–H groups in total. The Morgan fingerprint density at radius 1 is 0.639 bits per heavy atom. The van der Waals surface area contributed by atoms with Gasteiger partial charge in [-0.25, -0.2) is 0 Å². The van der Waals surface area contributed by atoms with Crippen molar-refractivity contribution in [3.63, 3.8) is 0 Å². The van der Waals surface area contributed by atoms with Crippen molar-refractivity contribution in [3.8, 4) is 0 Å². The lowest BCUT2D eigenvalue weighted by Gasteiger charge is -2.26. The van der Waals surface area contributed by atoms with Crippen molar-refractivity contribution in [2.24, 2.45) is 5.92 Å². The van der Waals surface area contributed by atoms with E-state index in [1.54, 1.807) is 0 Å². The van der Waals surface area contributed by atoms with Crippen LogP contribution in [0.1, 0.15) is 93.3 Å². The topological polar surface area (TPSA) is 6.48 Å². The standard InChI is InChI=1S/C32H42Cl2N2/c1-6-14-35(15-7-2)25-12-10-23-18-27(31(33)29(23)20-25)22(5)28-19-24-11-13-26(21-30(24)32(28)34)36(16-8-3)17-9-4/h10-13,18-22,31-32H,6-9,14-17H2,1-5H3. The molecule has 0 radical (unpaired) electrons. The Kier molecular flexibility index (Phi) is 9.12. The fourth-order valence-corrected chi connectivity index (χ4v) is 6.67. The zero-order valence-corrected chi connectivity index (χ0v) is 24.2. The monoisotopic (exact) mass is 524 g/mol. The molecule has 0 aromatic heterocycles. The number of anilines is 2. The highest BCUT2D eigenvalue weighted by atomic mass is 35.5. The zero-order chi connectivity index (χ0) is 25.8. The van der Waals surface area contributed by atoms with Gasteiger partial charge in [-0.05, 0) is 83.3 Å². The van der Waals surface area contributed by atoms with E-state index in [0.717, 1.165) is 51.9 Å². The molecule has 4 heteroatoms. The van der Waals surface area contributed by atoms with Crippen LogP contribution in [0, 0.1) is 5.92 Å². The van der Waals surface area contributed by atoms with Crippen LogP contribution in [-0.2, 0) is 0 Å². The third-order valence-corrected chi connectivity index (χ3v) is 8.60. The van der Waals surface area contributed by atoms with E-state index in [0.29, 0.717) is 0 Å². The van der Waals surface area contributed by atoms with Crippen molar-refractivity contribution in [2.75, 3.05) is 36.0 Å². The first kappa shape index (κ1) is 27.1. The molecule has 2 nitrogen and oxygen atoms in total. The lowest BCUT2D eigenvalue weighted by Crippen LogP contribution is -2.25. The fraction of sp³-hybridized carbons (Fsp3) is 0.500. The van der Waals surface area contributed by atoms with E-state index in [9.17, 15) is 0 Å². The highest BCUT2D eigenvalue weighted by Crippen LogP contribution is 2.51. The number of benzene rings is 2. The minimum atomic E-state index is -0.117. The van der Waals surface area contributed by atoms with Gasteiger partial charge in [0.25, 0.3) is 0 Å². The Bertz CT molecular complexity index is 1020. The minimum absolute atomic E-state index is 0.117. The van der Waals surface area contributed by atoms with E-state index >= 15 is 0 Å². The van der Waals surface area contributed by atoms with Crippen LogP contribution >= 0.6 is 23.2 Å². The minimum Gasteiger partial charge on any atom is -0.372 e. The van der Waals surface area contributed by atoms with Gasteiger partial charge in [-0.15, -0.1) is 23.2 Å². The van der Waals surface area contributed by atoms with Crippen LogP contribution in [0.2, 0.25) is 0 Å². The average molecular weight is 526 g/mol. The van der Waals surface area contributed by atoms with Crippen molar-refractivity contribution < 1.29 is 0 Å². The van der Waals surface area contributed by atoms with Crippen LogP contribution in [0.15, 0.2) is 47.5 Å². The molecule has 2 aromatic carbocycles. The van der Waals surface area contributed by atoms with Crippen LogP contribution in [0.25, 0.3) is 12.2 Å². The predicted octanol–water partition coefficient (Wildman–Crippen LogP) is 9.63. The maximum Gasteiger partial charge on any atom is 0.0811 e. The number of fused-ring (bicyclic) bond motifs is 2. The second kappa shape index (κ2) is 12.1. The van der Waals surface area contributed by atoms with Crippen molar-refractivity contribution >= 4 is 46.7 Å². The first-order valence-corrected chi connectivity index (χ1v) is 14.8. The molecule has 2 aliphatic carbocycles. The summed E-state index contributed by atoms with van der Waals surface area (Å²) in [6.07, 6.45) is 9.17. The molecular formula is C32H42Cl2N2. The van der Waals surface area contributed by atoms with Crippen molar-refractivity contribution in [3.05, 3.63) is 69.8 Å². The van der Waals surface area contributed by atoms with Gasteiger partial charge in [-0.1, -0.05) is 58.9 Å². The molecule has 0 amide bonds. The van der Waals surface area contributed by atoms with Gasteiger partial charge in [0.15, 0.2) is 0 Å². The summed E-state index contributed by atoms with van der Waals surface area (Å²) >= 11 is 14.3. The summed E-state index contributed by atoms with van der Waals surface area (Å²) in [4.78, 5) is 4.96. The average Bonchev–Trinajstić information content (AvgIpc) is 3.39. The molecule has 4 rings (SSSR count). The molecular weight excluding hydrogens is 483 g/mol. The third kappa shape index (κ3) is 5.36. The molecule has 0 heterocycles. The Labute approximate surface area is 229 Å². The van der Waals surface area contributed by atoms with Gasteiger partial charge >= 0.3 is 0 Å². The normalized spacial score (nSPS) is 19.0. The number of alkyl halides is 2. The Balaban J connectivity index is 1.55. The maximum absolute atomic E-state index is 7.14. The molecule has 2 aliphatic rings. The summed E-state index contributed by atoms with van der Waals surface area (Å²) < 4.78 is 0. The molecule has 36 heavy (non-hydrogen) atoms. The molecule has 0 saturated heterocycles. The Morgan fingerprint density at radius 3 is 1.33 bits per heavy atom. The third-order valence-electron chi connectivity index (χ3n) is 7.62. The smallest absolute Gasteiger partial charge is 0.0811 e. The number of hydrogen-bond donors (Lipinski definition) is 0. The lowest BCUT2D eigenvalue weighted by molar-refractivity contribution is 0.740. The summed E-state index contributed by atoms with van der Waals surface area (Å²) in [6, 6.07) is 13.6. The first-order valence-electron chi connectivity index (χ1n) is 13.9. The summed E-state index contributed by atoms with van der Waals surface area (Å²) in [5.74, 6) is 0.187. The summed E-state index contributed by atoms with van der Waals surface area (Å²) in [6.45, 7) is 15.5. The van der Waals surface area contributed by atoms with E-state index in [1.807, 2.05) is 0 Å². The van der Waals surface area contributed by atoms with Crippen LogP contribution in [0.5, 0.6) is 0 Å². The van der Waals surface area contributed by atoms with Crippen molar-refractivity contribution in [1.29, 1.82) is 0 Å². The number of halogens is 2. The van der Waals surface area contributed by atoms with E-state index in [1.165, 1.54) is 44.8 Å². The fourth-order valence-electron chi connectivity index (χ4n) is 5.79. The Morgan fingerprint density at radius 2 is 1.00 bits per heavy atom. The van der Waals surface area contributed by atoms with Crippen molar-refractivity contribution in [1.82, 2.24) is 0 Å². The number of nitrogens with zero attached hydrogens (tertiary/aromatic N) is 2. The van der Waals surface area contributed by atoms with Gasteiger partial charge in [-0.3, -0.25) is 0 Å². The highest BCUT2D eigenvalue weighted by Gasteiger charge is 2.34. The Hall–Kier alpha value is -1.90. The van der Waals surface area contributed by atoms with Gasteiger partial charge in [0.05, 0.1) is 10.8 Å². The maximum atomic E-state index is 7.14. The quantitative estimate of drug-likeness (QED) is 0.255. The summed E-state index contributed by atoms with van der Waals surface area (Å²) in [5.41, 5.74) is 10.0. The zero-order valence-electron chi connectivity index (χ0n) is 22.7. The highest BCUT2D eigenvalue weighted by molar-refractivity contribution is 6.25. The van der Waals surface area contributed by atoms with Gasteiger partial charge in [0.1, 0.15) is 0 Å². The van der Waals surface area contributed by atoms with Crippen molar-refractivity contribution in [2.45, 2.75) is 71.1 Å². The second-order valence-electron chi connectivity index (χ2n) is 10.3. The molecule has 0 fully saturated rings. The molecule has 0 aliphatic heterocycles. The number of rotatable bonds is 12. The van der Waals surface area contributed by atoms with E-state index in [4.69, 9.17) is 23.2 Å². The van der Waals surface area contributed by atoms with E-state index in [2.05, 4.69) is 93.0 Å². The molecule has 2 unspecified atom stereocenters. The van der Waals surface area contributed by atoms with Gasteiger partial charge in [0, 0.05) is 43.5 Å². The van der Waals surface area contributed by atoms with E-state index < -0.39 is 0 Å². The summed E-state index contributed by atoms with van der Waals surface area (Å²) in [5, 5.41) is -0.234. The molecule has 2 atom stereocenters. The number of allylic oxidation sites excluding steroid dienone is 2. The molecule has 2 aromatic rings. The SMILES string of the molecule is CCCN(CCC)c1ccc2c(c1)C(Cl)C(C(C)C1=Cc3ccc(N(CCC)CCC)cc3C1Cl)=C2. The second-order valence-corrected chi connectivity index (χ2v) is 11.2. The van der Waals surface area contributed by atoms with Gasteiger partial charge in [-0.2, -0.15) is 0 Å². The first-order chi connectivity index (χ1) is 17.4. The van der Waals surface area contributed by atoms with Crippen LogP contribution in [0.4, 0.5) is 11.4 Å². The van der Waals surface area contributed by atoms with Crippen LogP contribution in [-0.4, -0.2) is 26.2 Å². The molecule has 194 valence electrons. The molecule has 0 spiro atoms. The van der Waals surface area contributed by atoms with Crippen LogP contribution in [0.3, 0.4) is 0 Å². The number of hydrogen-bond acceptors (Lipinski definition) is 2. The largest absolute Gasteiger partial charge is 0.372 e. The summed E-state index contributed by atoms with van der Waals surface area (Å²) in [7, 11) is 0. The van der Waals surface area contributed by atoms with Gasteiger partial charge < -0.3 is 9.80 Å². The molecule has 0 saturated carbocycles.